The second-order valence-electron chi connectivity index (χ2n) is 9.58. The van der Waals surface area contributed by atoms with E-state index in [1.165, 1.54) is 6.92 Å². The molecule has 2 saturated heterocycles. The van der Waals surface area contributed by atoms with Crippen molar-refractivity contribution in [3.63, 3.8) is 0 Å². The molecule has 4 atom stereocenters. The van der Waals surface area contributed by atoms with Crippen molar-refractivity contribution in [3.8, 4) is 0 Å². The second kappa shape index (κ2) is 9.45. The van der Waals surface area contributed by atoms with E-state index >= 15 is 0 Å². The summed E-state index contributed by atoms with van der Waals surface area (Å²) in [6, 6.07) is -2.15. The first-order chi connectivity index (χ1) is 14.2. The maximum atomic E-state index is 13.5. The number of hydrogen-bond acceptors (Lipinski definition) is 5. The van der Waals surface area contributed by atoms with Crippen LogP contribution in [-0.4, -0.2) is 70.6 Å². The van der Waals surface area contributed by atoms with Gasteiger partial charge in [-0.1, -0.05) is 33.1 Å². The molecule has 3 N–H and O–H groups in total. The normalized spacial score (nSPS) is 26.6. The van der Waals surface area contributed by atoms with Crippen molar-refractivity contribution in [2.45, 2.75) is 89.9 Å². The van der Waals surface area contributed by atoms with Gasteiger partial charge in [0, 0.05) is 13.5 Å². The van der Waals surface area contributed by atoms with Gasteiger partial charge in [0.2, 0.25) is 17.7 Å². The molecule has 1 aliphatic carbocycles. The van der Waals surface area contributed by atoms with E-state index in [0.717, 1.165) is 32.1 Å². The quantitative estimate of drug-likeness (QED) is 0.661. The second-order valence-corrected chi connectivity index (χ2v) is 9.58. The van der Waals surface area contributed by atoms with E-state index in [1.807, 2.05) is 13.8 Å². The fraction of sp³-hybridized carbons (Fsp3) is 0.818. The fourth-order valence-electron chi connectivity index (χ4n) is 5.43. The molecule has 0 aromatic carbocycles. The highest BCUT2D eigenvalue weighted by molar-refractivity contribution is 5.99. The van der Waals surface area contributed by atoms with Crippen molar-refractivity contribution in [2.24, 2.45) is 17.6 Å². The summed E-state index contributed by atoms with van der Waals surface area (Å²) >= 11 is 0. The summed E-state index contributed by atoms with van der Waals surface area (Å²) in [5.74, 6) is -0.343. The average molecular weight is 421 g/mol. The van der Waals surface area contributed by atoms with Gasteiger partial charge in [0.25, 0.3) is 0 Å². The minimum atomic E-state index is -0.629. The fourth-order valence-corrected chi connectivity index (χ4v) is 5.43. The number of amides is 3. The number of Topliss-reactive ketones (excluding diaryl/α,β-unsaturated/α-hetero) is 1. The molecule has 8 nitrogen and oxygen atoms in total. The van der Waals surface area contributed by atoms with E-state index in [9.17, 15) is 19.2 Å². The number of nitrogens with two attached hydrogens (primary N) is 1. The summed E-state index contributed by atoms with van der Waals surface area (Å²) in [5, 5.41) is 2.85. The van der Waals surface area contributed by atoms with Crippen molar-refractivity contribution in [1.82, 2.24) is 15.1 Å². The first kappa shape index (κ1) is 22.7. The van der Waals surface area contributed by atoms with Crippen LogP contribution in [0.5, 0.6) is 0 Å². The Bertz CT molecular complexity index is 689. The van der Waals surface area contributed by atoms with Crippen LogP contribution in [0.15, 0.2) is 0 Å². The number of fused-ring (bicyclic) bond motifs is 1. The van der Waals surface area contributed by atoms with Crippen molar-refractivity contribution < 1.29 is 19.2 Å². The third-order valence-corrected chi connectivity index (χ3v) is 6.78. The Labute approximate surface area is 178 Å². The first-order valence-corrected chi connectivity index (χ1v) is 11.4. The van der Waals surface area contributed by atoms with Gasteiger partial charge in [0.1, 0.15) is 12.1 Å². The largest absolute Gasteiger partial charge is 0.344 e. The molecule has 3 aliphatic rings. The van der Waals surface area contributed by atoms with Crippen LogP contribution in [0.1, 0.15) is 65.7 Å². The Morgan fingerprint density at radius 1 is 1.07 bits per heavy atom. The maximum absolute atomic E-state index is 13.5. The van der Waals surface area contributed by atoms with E-state index < -0.39 is 18.1 Å². The van der Waals surface area contributed by atoms with Crippen LogP contribution in [0.3, 0.4) is 0 Å². The van der Waals surface area contributed by atoms with Crippen LogP contribution in [-0.2, 0) is 19.2 Å². The molecule has 3 fully saturated rings. The van der Waals surface area contributed by atoms with Gasteiger partial charge < -0.3 is 20.9 Å². The zero-order valence-electron chi connectivity index (χ0n) is 18.4. The topological polar surface area (TPSA) is 113 Å². The third kappa shape index (κ3) is 4.68. The standard InChI is InChI=1S/C22H36N4O4/c1-13(2)11-16(23)21(29)25-10-9-17-20(25)18(28)12-26(17)22(30)19(24-14(3)27)15-7-5-4-6-8-15/h13,15-17,19-20H,4-12,23H2,1-3H3,(H,24,27). The lowest BCUT2D eigenvalue weighted by Crippen LogP contribution is -2.54. The Balaban J connectivity index is 1.74. The van der Waals surface area contributed by atoms with E-state index in [1.54, 1.807) is 9.80 Å². The number of nitrogens with one attached hydrogen (secondary N) is 1. The minimum Gasteiger partial charge on any atom is -0.344 e. The van der Waals surface area contributed by atoms with Gasteiger partial charge in [-0.05, 0) is 37.5 Å². The highest BCUT2D eigenvalue weighted by Gasteiger charge is 2.53. The number of likely N-dealkylation sites (tertiary alicyclic amines) is 2. The van der Waals surface area contributed by atoms with Gasteiger partial charge in [-0.15, -0.1) is 0 Å². The van der Waals surface area contributed by atoms with Crippen molar-refractivity contribution >= 4 is 23.5 Å². The SMILES string of the molecule is CC(=O)NC(C(=O)N1CC(=O)C2C1CCN2C(=O)C(N)CC(C)C)C1CCCCC1. The number of ketones is 1. The molecule has 0 spiro atoms. The predicted octanol–water partition coefficient (Wildman–Crippen LogP) is 0.826. The summed E-state index contributed by atoms with van der Waals surface area (Å²) in [6.45, 7) is 5.87. The van der Waals surface area contributed by atoms with E-state index in [4.69, 9.17) is 5.73 Å². The molecule has 0 radical (unpaired) electrons. The van der Waals surface area contributed by atoms with Gasteiger partial charge in [0.05, 0.1) is 18.6 Å². The molecule has 0 aromatic rings. The minimum absolute atomic E-state index is 0.000169. The molecule has 8 heteroatoms. The summed E-state index contributed by atoms with van der Waals surface area (Å²) < 4.78 is 0. The number of carbonyl (C=O) groups excluding carboxylic acids is 4. The number of rotatable bonds is 6. The zero-order chi connectivity index (χ0) is 22.0. The van der Waals surface area contributed by atoms with Crippen molar-refractivity contribution in [3.05, 3.63) is 0 Å². The van der Waals surface area contributed by atoms with Crippen LogP contribution >= 0.6 is 0 Å². The average Bonchev–Trinajstić information content (AvgIpc) is 3.26. The Morgan fingerprint density at radius 2 is 1.73 bits per heavy atom. The number of carbonyl (C=O) groups is 4. The third-order valence-electron chi connectivity index (χ3n) is 6.78. The van der Waals surface area contributed by atoms with Gasteiger partial charge in [0.15, 0.2) is 5.78 Å². The lowest BCUT2D eigenvalue weighted by molar-refractivity contribution is -0.139. The smallest absolute Gasteiger partial charge is 0.246 e. The molecule has 1 saturated carbocycles. The lowest BCUT2D eigenvalue weighted by atomic mass is 9.83. The summed E-state index contributed by atoms with van der Waals surface area (Å²) in [6.07, 6.45) is 6.19. The Kier molecular flexibility index (Phi) is 7.16. The number of nitrogens with zero attached hydrogens (tertiary/aromatic N) is 2. The molecular weight excluding hydrogens is 384 g/mol. The van der Waals surface area contributed by atoms with Gasteiger partial charge in [-0.2, -0.15) is 0 Å². The van der Waals surface area contributed by atoms with Crippen LogP contribution in [0.2, 0.25) is 0 Å². The molecular formula is C22H36N4O4. The molecule has 2 heterocycles. The Morgan fingerprint density at radius 3 is 2.33 bits per heavy atom. The maximum Gasteiger partial charge on any atom is 0.246 e. The molecule has 3 amide bonds. The lowest BCUT2D eigenvalue weighted by Gasteiger charge is -2.34. The monoisotopic (exact) mass is 420 g/mol. The van der Waals surface area contributed by atoms with Gasteiger partial charge in [-0.25, -0.2) is 0 Å². The van der Waals surface area contributed by atoms with Crippen LogP contribution in [0.4, 0.5) is 0 Å². The van der Waals surface area contributed by atoms with Gasteiger partial charge >= 0.3 is 0 Å². The van der Waals surface area contributed by atoms with Crippen LogP contribution < -0.4 is 11.1 Å². The molecule has 3 rings (SSSR count). The van der Waals surface area contributed by atoms with E-state index in [-0.39, 0.29) is 47.9 Å². The van der Waals surface area contributed by atoms with Crippen LogP contribution in [0, 0.1) is 11.8 Å². The molecule has 30 heavy (non-hydrogen) atoms. The Hall–Kier alpha value is -1.96. The highest BCUT2D eigenvalue weighted by Crippen LogP contribution is 2.33. The summed E-state index contributed by atoms with van der Waals surface area (Å²) in [4.78, 5) is 54.1. The van der Waals surface area contributed by atoms with E-state index in [0.29, 0.717) is 19.4 Å². The van der Waals surface area contributed by atoms with Gasteiger partial charge in [-0.3, -0.25) is 19.2 Å². The zero-order valence-corrected chi connectivity index (χ0v) is 18.4. The number of hydrogen-bond donors (Lipinski definition) is 2. The summed E-state index contributed by atoms with van der Waals surface area (Å²) in [5.41, 5.74) is 6.09. The summed E-state index contributed by atoms with van der Waals surface area (Å²) in [7, 11) is 0. The molecule has 0 aromatic heterocycles. The van der Waals surface area contributed by atoms with Crippen molar-refractivity contribution in [2.75, 3.05) is 13.1 Å². The van der Waals surface area contributed by atoms with Crippen molar-refractivity contribution in [1.29, 1.82) is 0 Å². The molecule has 0 bridgehead atoms. The predicted molar refractivity (Wildman–Crippen MR) is 112 cm³/mol. The molecule has 168 valence electrons. The first-order valence-electron chi connectivity index (χ1n) is 11.4. The highest BCUT2D eigenvalue weighted by atomic mass is 16.2. The van der Waals surface area contributed by atoms with Crippen LogP contribution in [0.25, 0.3) is 0 Å². The molecule has 2 aliphatic heterocycles. The van der Waals surface area contributed by atoms with E-state index in [2.05, 4.69) is 5.32 Å². The molecule has 4 unspecified atom stereocenters.